The molecule has 0 atom stereocenters. The summed E-state index contributed by atoms with van der Waals surface area (Å²) in [6.07, 6.45) is 0. The van der Waals surface area contributed by atoms with Crippen LogP contribution in [0.5, 0.6) is 5.75 Å². The van der Waals surface area contributed by atoms with E-state index in [4.69, 9.17) is 4.74 Å². The molecule has 1 aromatic heterocycles. The molecule has 1 N–H and O–H groups in total. The average molecular weight is 294 g/mol. The van der Waals surface area contributed by atoms with Gasteiger partial charge in [-0.05, 0) is 19.9 Å². The maximum atomic E-state index is 10.7. The lowest BCUT2D eigenvalue weighted by Crippen LogP contribution is -1.99. The molecule has 0 aliphatic carbocycles. The summed E-state index contributed by atoms with van der Waals surface area (Å²) in [4.78, 5) is 15.7. The van der Waals surface area contributed by atoms with E-state index in [1.165, 1.54) is 18.2 Å². The molecular weight excluding hydrogens is 280 g/mol. The number of nitro groups is 1. The average Bonchev–Trinajstić information content (AvgIpc) is 2.75. The highest BCUT2D eigenvalue weighted by molar-refractivity contribution is 7.11. The van der Waals surface area contributed by atoms with Gasteiger partial charge in [0.1, 0.15) is 17.4 Å². The van der Waals surface area contributed by atoms with Gasteiger partial charge >= 0.3 is 0 Å². The number of aliphatic hydroxyl groups excluding tert-OH is 1. The molecule has 0 saturated carbocycles. The standard InChI is InChI=1S/C13H14N2O4S/c1-8-9(2)20-13(14-8)7-19-12-4-3-11(15(17)18)5-10(12)6-16/h3-5,16H,6-7H2,1-2H3. The van der Waals surface area contributed by atoms with Crippen molar-refractivity contribution in [1.82, 2.24) is 4.98 Å². The first-order chi connectivity index (χ1) is 9.51. The molecule has 6 nitrogen and oxygen atoms in total. The number of non-ortho nitro benzene ring substituents is 1. The van der Waals surface area contributed by atoms with Crippen molar-refractivity contribution in [2.24, 2.45) is 0 Å². The van der Waals surface area contributed by atoms with E-state index in [9.17, 15) is 15.2 Å². The van der Waals surface area contributed by atoms with Gasteiger partial charge in [0, 0.05) is 22.6 Å². The highest BCUT2D eigenvalue weighted by Gasteiger charge is 2.12. The van der Waals surface area contributed by atoms with Crippen molar-refractivity contribution in [2.45, 2.75) is 27.1 Å². The quantitative estimate of drug-likeness (QED) is 0.677. The Morgan fingerprint density at radius 3 is 2.75 bits per heavy atom. The van der Waals surface area contributed by atoms with Gasteiger partial charge in [0.25, 0.3) is 5.69 Å². The van der Waals surface area contributed by atoms with Crippen molar-refractivity contribution in [1.29, 1.82) is 0 Å². The molecule has 0 fully saturated rings. The van der Waals surface area contributed by atoms with Crippen LogP contribution in [0.2, 0.25) is 0 Å². The minimum absolute atomic E-state index is 0.0673. The summed E-state index contributed by atoms with van der Waals surface area (Å²) in [7, 11) is 0. The number of hydrogen-bond acceptors (Lipinski definition) is 6. The third kappa shape index (κ3) is 3.12. The van der Waals surface area contributed by atoms with E-state index in [1.807, 2.05) is 13.8 Å². The Balaban J connectivity index is 2.14. The number of aryl methyl sites for hydroxylation is 2. The Morgan fingerprint density at radius 2 is 2.20 bits per heavy atom. The van der Waals surface area contributed by atoms with Crippen LogP contribution in [-0.2, 0) is 13.2 Å². The highest BCUT2D eigenvalue weighted by Crippen LogP contribution is 2.26. The largest absolute Gasteiger partial charge is 0.486 e. The summed E-state index contributed by atoms with van der Waals surface area (Å²) in [5.74, 6) is 0.434. The Morgan fingerprint density at radius 1 is 1.45 bits per heavy atom. The minimum atomic E-state index is -0.503. The van der Waals surface area contributed by atoms with Gasteiger partial charge in [-0.15, -0.1) is 11.3 Å². The van der Waals surface area contributed by atoms with Crippen LogP contribution in [0.4, 0.5) is 5.69 Å². The van der Waals surface area contributed by atoms with E-state index >= 15 is 0 Å². The molecule has 1 heterocycles. The Hall–Kier alpha value is -1.99. The molecule has 0 bridgehead atoms. The topological polar surface area (TPSA) is 85.5 Å². The van der Waals surface area contributed by atoms with Gasteiger partial charge in [0.15, 0.2) is 0 Å². The summed E-state index contributed by atoms with van der Waals surface area (Å²) in [5, 5.41) is 20.8. The van der Waals surface area contributed by atoms with Crippen LogP contribution >= 0.6 is 11.3 Å². The molecule has 0 aliphatic heterocycles. The fraction of sp³-hybridized carbons (Fsp3) is 0.308. The predicted molar refractivity (Wildman–Crippen MR) is 74.9 cm³/mol. The Bertz CT molecular complexity index is 620. The number of aliphatic hydroxyl groups is 1. The van der Waals surface area contributed by atoms with E-state index in [0.717, 1.165) is 15.6 Å². The van der Waals surface area contributed by atoms with Gasteiger partial charge in [0.05, 0.1) is 17.2 Å². The molecule has 2 aromatic rings. The lowest BCUT2D eigenvalue weighted by atomic mass is 10.2. The van der Waals surface area contributed by atoms with Crippen molar-refractivity contribution in [3.8, 4) is 5.75 Å². The second kappa shape index (κ2) is 5.98. The van der Waals surface area contributed by atoms with Gasteiger partial charge in [-0.1, -0.05) is 0 Å². The fourth-order valence-electron chi connectivity index (χ4n) is 1.68. The number of aromatic nitrogens is 1. The van der Waals surface area contributed by atoms with Crippen molar-refractivity contribution in [3.63, 3.8) is 0 Å². The van der Waals surface area contributed by atoms with Crippen molar-refractivity contribution >= 4 is 17.0 Å². The molecule has 0 unspecified atom stereocenters. The smallest absolute Gasteiger partial charge is 0.270 e. The van der Waals surface area contributed by atoms with Crippen molar-refractivity contribution in [3.05, 3.63) is 49.5 Å². The number of nitro benzene ring substituents is 1. The van der Waals surface area contributed by atoms with Crippen molar-refractivity contribution < 1.29 is 14.8 Å². The molecule has 0 aliphatic rings. The fourth-order valence-corrected chi connectivity index (χ4v) is 2.53. The van der Waals surface area contributed by atoms with E-state index < -0.39 is 4.92 Å². The maximum absolute atomic E-state index is 10.7. The van der Waals surface area contributed by atoms with Gasteiger partial charge in [-0.3, -0.25) is 10.1 Å². The Kier molecular flexibility index (Phi) is 4.31. The summed E-state index contributed by atoms with van der Waals surface area (Å²) >= 11 is 1.55. The van der Waals surface area contributed by atoms with Crippen LogP contribution in [0.3, 0.4) is 0 Å². The van der Waals surface area contributed by atoms with E-state index in [1.54, 1.807) is 11.3 Å². The lowest BCUT2D eigenvalue weighted by molar-refractivity contribution is -0.385. The van der Waals surface area contributed by atoms with Crippen LogP contribution in [0.1, 0.15) is 21.1 Å². The zero-order valence-electron chi connectivity index (χ0n) is 11.1. The number of benzene rings is 1. The lowest BCUT2D eigenvalue weighted by Gasteiger charge is -2.08. The summed E-state index contributed by atoms with van der Waals surface area (Å²) in [5.41, 5.74) is 1.30. The molecule has 1 aromatic carbocycles. The van der Waals surface area contributed by atoms with Gasteiger partial charge in [-0.25, -0.2) is 4.98 Å². The summed E-state index contributed by atoms with van der Waals surface area (Å²) in [6, 6.07) is 4.16. The monoisotopic (exact) mass is 294 g/mol. The molecule has 0 radical (unpaired) electrons. The first kappa shape index (κ1) is 14.4. The molecule has 2 rings (SSSR count). The molecule has 0 spiro atoms. The van der Waals surface area contributed by atoms with Crippen molar-refractivity contribution in [2.75, 3.05) is 0 Å². The van der Waals surface area contributed by atoms with E-state index in [0.29, 0.717) is 11.3 Å². The first-order valence-corrected chi connectivity index (χ1v) is 6.76. The predicted octanol–water partition coefficient (Wildman–Crippen LogP) is 2.74. The summed E-state index contributed by atoms with van der Waals surface area (Å²) < 4.78 is 5.58. The SMILES string of the molecule is Cc1nc(COc2ccc([N+](=O)[O-])cc2CO)sc1C. The molecule has 0 saturated heterocycles. The highest BCUT2D eigenvalue weighted by atomic mass is 32.1. The zero-order chi connectivity index (χ0) is 14.7. The normalized spacial score (nSPS) is 10.6. The second-order valence-corrected chi connectivity index (χ2v) is 5.53. The van der Waals surface area contributed by atoms with E-state index in [-0.39, 0.29) is 18.9 Å². The minimum Gasteiger partial charge on any atom is -0.486 e. The molecule has 7 heteroatoms. The van der Waals surface area contributed by atoms with Gasteiger partial charge in [-0.2, -0.15) is 0 Å². The number of hydrogen-bond donors (Lipinski definition) is 1. The second-order valence-electron chi connectivity index (χ2n) is 4.25. The summed E-state index contributed by atoms with van der Waals surface area (Å²) in [6.45, 7) is 3.89. The number of ether oxygens (including phenoxy) is 1. The van der Waals surface area contributed by atoms with Gasteiger partial charge < -0.3 is 9.84 Å². The van der Waals surface area contributed by atoms with Crippen LogP contribution in [0.25, 0.3) is 0 Å². The molecule has 0 amide bonds. The molecular formula is C13H14N2O4S. The van der Waals surface area contributed by atoms with Crippen LogP contribution in [-0.4, -0.2) is 15.0 Å². The van der Waals surface area contributed by atoms with Crippen LogP contribution < -0.4 is 4.74 Å². The number of thiazole rings is 1. The zero-order valence-corrected chi connectivity index (χ0v) is 11.9. The van der Waals surface area contributed by atoms with Crippen LogP contribution in [0, 0.1) is 24.0 Å². The third-order valence-electron chi connectivity index (χ3n) is 2.85. The molecule has 20 heavy (non-hydrogen) atoms. The number of nitrogens with zero attached hydrogens (tertiary/aromatic N) is 2. The van der Waals surface area contributed by atoms with Gasteiger partial charge in [0.2, 0.25) is 0 Å². The third-order valence-corrected chi connectivity index (χ3v) is 3.90. The number of rotatable bonds is 5. The Labute approximate surface area is 119 Å². The maximum Gasteiger partial charge on any atom is 0.270 e. The van der Waals surface area contributed by atoms with E-state index in [2.05, 4.69) is 4.98 Å². The van der Waals surface area contributed by atoms with Crippen LogP contribution in [0.15, 0.2) is 18.2 Å². The first-order valence-electron chi connectivity index (χ1n) is 5.95. The molecule has 106 valence electrons.